The molecule has 27 heavy (non-hydrogen) atoms. The van der Waals surface area contributed by atoms with Gasteiger partial charge in [-0.15, -0.1) is 0 Å². The molecule has 1 aliphatic rings. The standard InChI is InChI=1S/C19H15ClN2O4S/c1-2-25-18-13(17(23)12-5-3-10(20)7-15(12)26-18)9-21-11-4-6-14-16(8-11)27-19(24)22-14/h3-9,18,21H,2H2,1H3,(H,22,24)/b13-9-. The van der Waals surface area contributed by atoms with Gasteiger partial charge in [0, 0.05) is 23.5 Å². The molecule has 0 saturated heterocycles. The van der Waals surface area contributed by atoms with Crippen LogP contribution in [0, 0.1) is 0 Å². The molecule has 8 heteroatoms. The van der Waals surface area contributed by atoms with Crippen LogP contribution in [0.1, 0.15) is 17.3 Å². The van der Waals surface area contributed by atoms with Crippen molar-refractivity contribution in [2.24, 2.45) is 0 Å². The fourth-order valence-electron chi connectivity index (χ4n) is 2.83. The minimum absolute atomic E-state index is 0.108. The van der Waals surface area contributed by atoms with E-state index in [-0.39, 0.29) is 10.7 Å². The summed E-state index contributed by atoms with van der Waals surface area (Å²) in [5.41, 5.74) is 2.31. The number of carbonyl (C=O) groups is 1. The van der Waals surface area contributed by atoms with Crippen molar-refractivity contribution >= 4 is 44.6 Å². The van der Waals surface area contributed by atoms with Gasteiger partial charge < -0.3 is 19.8 Å². The molecule has 6 nitrogen and oxygen atoms in total. The number of H-pyrrole nitrogens is 1. The van der Waals surface area contributed by atoms with E-state index in [4.69, 9.17) is 21.1 Å². The summed E-state index contributed by atoms with van der Waals surface area (Å²) in [5.74, 6) is 0.216. The Balaban J connectivity index is 1.67. The molecule has 1 aliphatic heterocycles. The maximum absolute atomic E-state index is 12.9. The second-order valence-electron chi connectivity index (χ2n) is 5.84. The molecule has 2 aromatic carbocycles. The lowest BCUT2D eigenvalue weighted by molar-refractivity contribution is -0.0509. The Labute approximate surface area is 163 Å². The molecular formula is C19H15ClN2O4S. The number of fused-ring (bicyclic) bond motifs is 2. The van der Waals surface area contributed by atoms with E-state index in [1.165, 1.54) is 0 Å². The number of hydrogen-bond acceptors (Lipinski definition) is 6. The topological polar surface area (TPSA) is 80.4 Å². The van der Waals surface area contributed by atoms with Crippen LogP contribution in [0.25, 0.3) is 10.2 Å². The van der Waals surface area contributed by atoms with Gasteiger partial charge in [0.1, 0.15) is 5.75 Å². The van der Waals surface area contributed by atoms with E-state index in [0.29, 0.717) is 28.5 Å². The van der Waals surface area contributed by atoms with Crippen molar-refractivity contribution in [3.63, 3.8) is 0 Å². The normalized spacial score (nSPS) is 17.8. The number of carbonyl (C=O) groups excluding carboxylic acids is 1. The van der Waals surface area contributed by atoms with Crippen LogP contribution < -0.4 is 14.9 Å². The molecular weight excluding hydrogens is 388 g/mol. The largest absolute Gasteiger partial charge is 0.460 e. The SMILES string of the molecule is CCOC1Oc2cc(Cl)ccc2C(=O)/C1=C/Nc1ccc2[nH]c(=O)sc2c1. The van der Waals surface area contributed by atoms with Gasteiger partial charge in [0.05, 0.1) is 21.4 Å². The Bertz CT molecular complexity index is 1120. The van der Waals surface area contributed by atoms with Gasteiger partial charge in [0.2, 0.25) is 6.29 Å². The third-order valence-corrected chi connectivity index (χ3v) is 5.15. The second-order valence-corrected chi connectivity index (χ2v) is 7.30. The molecule has 0 fully saturated rings. The van der Waals surface area contributed by atoms with E-state index in [1.54, 1.807) is 24.4 Å². The number of benzene rings is 2. The summed E-state index contributed by atoms with van der Waals surface area (Å²) in [7, 11) is 0. The zero-order chi connectivity index (χ0) is 19.0. The number of halogens is 1. The molecule has 0 saturated carbocycles. The van der Waals surface area contributed by atoms with Crippen molar-refractivity contribution in [3.05, 3.63) is 68.4 Å². The van der Waals surface area contributed by atoms with Crippen LogP contribution in [0.15, 0.2) is 53.0 Å². The van der Waals surface area contributed by atoms with Crippen LogP contribution in [0.3, 0.4) is 0 Å². The fraction of sp³-hybridized carbons (Fsp3) is 0.158. The molecule has 2 N–H and O–H groups in total. The van der Waals surface area contributed by atoms with Crippen molar-refractivity contribution in [3.8, 4) is 5.75 Å². The summed E-state index contributed by atoms with van der Waals surface area (Å²) in [6.07, 6.45) is 0.754. The van der Waals surface area contributed by atoms with Crippen LogP contribution >= 0.6 is 22.9 Å². The first-order valence-electron chi connectivity index (χ1n) is 8.27. The van der Waals surface area contributed by atoms with Gasteiger partial charge in [-0.3, -0.25) is 9.59 Å². The number of rotatable bonds is 4. The monoisotopic (exact) mass is 402 g/mol. The molecule has 1 atom stereocenters. The molecule has 1 unspecified atom stereocenters. The van der Waals surface area contributed by atoms with E-state index in [1.807, 2.05) is 25.1 Å². The second kappa shape index (κ2) is 7.19. The third-order valence-electron chi connectivity index (χ3n) is 4.07. The molecule has 0 bridgehead atoms. The lowest BCUT2D eigenvalue weighted by Crippen LogP contribution is -2.33. The van der Waals surface area contributed by atoms with Crippen LogP contribution in [0.2, 0.25) is 5.02 Å². The Hall–Kier alpha value is -2.61. The highest BCUT2D eigenvalue weighted by molar-refractivity contribution is 7.16. The number of nitrogens with one attached hydrogen (secondary N) is 2. The maximum atomic E-state index is 12.9. The number of Topliss-reactive ketones (excluding diaryl/α,β-unsaturated/α-hetero) is 1. The highest BCUT2D eigenvalue weighted by Crippen LogP contribution is 2.33. The van der Waals surface area contributed by atoms with Gasteiger partial charge in [-0.2, -0.15) is 0 Å². The van der Waals surface area contributed by atoms with Crippen molar-refractivity contribution < 1.29 is 14.3 Å². The highest BCUT2D eigenvalue weighted by Gasteiger charge is 2.32. The summed E-state index contributed by atoms with van der Waals surface area (Å²) in [6.45, 7) is 2.21. The Kier molecular flexibility index (Phi) is 4.73. The van der Waals surface area contributed by atoms with Crippen molar-refractivity contribution in [2.75, 3.05) is 11.9 Å². The van der Waals surface area contributed by atoms with Gasteiger partial charge in [-0.25, -0.2) is 0 Å². The molecule has 0 radical (unpaired) electrons. The van der Waals surface area contributed by atoms with E-state index < -0.39 is 6.29 Å². The van der Waals surface area contributed by atoms with Gasteiger partial charge in [-0.05, 0) is 43.3 Å². The molecule has 2 heterocycles. The molecule has 0 aliphatic carbocycles. The zero-order valence-corrected chi connectivity index (χ0v) is 15.8. The number of aromatic nitrogens is 1. The molecule has 4 rings (SSSR count). The van der Waals surface area contributed by atoms with E-state index >= 15 is 0 Å². The Morgan fingerprint density at radius 2 is 2.15 bits per heavy atom. The minimum Gasteiger partial charge on any atom is -0.460 e. The maximum Gasteiger partial charge on any atom is 0.305 e. The van der Waals surface area contributed by atoms with Crippen molar-refractivity contribution in [1.82, 2.24) is 4.98 Å². The number of hydrogen-bond donors (Lipinski definition) is 2. The average molecular weight is 403 g/mol. The van der Waals surface area contributed by atoms with Crippen molar-refractivity contribution in [1.29, 1.82) is 0 Å². The minimum atomic E-state index is -0.826. The number of thiazole rings is 1. The van der Waals surface area contributed by atoms with Gasteiger partial charge >= 0.3 is 4.87 Å². The first kappa shape index (κ1) is 17.8. The Morgan fingerprint density at radius 1 is 1.30 bits per heavy atom. The van der Waals surface area contributed by atoms with Crippen LogP contribution in [-0.4, -0.2) is 23.7 Å². The lowest BCUT2D eigenvalue weighted by Gasteiger charge is -2.27. The van der Waals surface area contributed by atoms with Crippen LogP contribution in [0.4, 0.5) is 5.69 Å². The summed E-state index contributed by atoms with van der Waals surface area (Å²) in [6, 6.07) is 10.4. The van der Waals surface area contributed by atoms with E-state index in [2.05, 4.69) is 10.3 Å². The number of anilines is 1. The van der Waals surface area contributed by atoms with Gasteiger partial charge in [-0.1, -0.05) is 22.9 Å². The third kappa shape index (κ3) is 3.49. The highest BCUT2D eigenvalue weighted by atomic mass is 35.5. The zero-order valence-electron chi connectivity index (χ0n) is 14.2. The number of ketones is 1. The lowest BCUT2D eigenvalue weighted by atomic mass is 10.00. The van der Waals surface area contributed by atoms with E-state index in [0.717, 1.165) is 27.2 Å². The first-order chi connectivity index (χ1) is 13.0. The van der Waals surface area contributed by atoms with Crippen LogP contribution in [-0.2, 0) is 4.74 Å². The molecule has 1 aromatic heterocycles. The summed E-state index contributed by atoms with van der Waals surface area (Å²) in [5, 5.41) is 3.59. The van der Waals surface area contributed by atoms with Crippen molar-refractivity contribution in [2.45, 2.75) is 13.2 Å². The number of ether oxygens (including phenoxy) is 2. The molecule has 0 amide bonds. The average Bonchev–Trinajstić information content (AvgIpc) is 3.00. The summed E-state index contributed by atoms with van der Waals surface area (Å²) >= 11 is 7.12. The summed E-state index contributed by atoms with van der Waals surface area (Å²) < 4.78 is 12.2. The van der Waals surface area contributed by atoms with E-state index in [9.17, 15) is 9.59 Å². The fourth-order valence-corrected chi connectivity index (χ4v) is 3.77. The molecule has 0 spiro atoms. The van der Waals surface area contributed by atoms with Gasteiger partial charge in [0.25, 0.3) is 0 Å². The predicted octanol–water partition coefficient (Wildman–Crippen LogP) is 4.18. The summed E-state index contributed by atoms with van der Waals surface area (Å²) in [4.78, 5) is 27.0. The number of aromatic amines is 1. The van der Waals surface area contributed by atoms with Crippen LogP contribution in [0.5, 0.6) is 5.75 Å². The molecule has 138 valence electrons. The molecule has 3 aromatic rings. The first-order valence-corrected chi connectivity index (χ1v) is 9.46. The smallest absolute Gasteiger partial charge is 0.305 e. The predicted molar refractivity (Wildman–Crippen MR) is 106 cm³/mol. The Morgan fingerprint density at radius 3 is 2.96 bits per heavy atom. The quantitative estimate of drug-likeness (QED) is 0.640. The van der Waals surface area contributed by atoms with Gasteiger partial charge in [0.15, 0.2) is 5.78 Å².